The van der Waals surface area contributed by atoms with Crippen LogP contribution in [-0.2, 0) is 4.79 Å². The lowest BCUT2D eigenvalue weighted by Gasteiger charge is -1.97. The van der Waals surface area contributed by atoms with Crippen LogP contribution in [0, 0.1) is 6.92 Å². The van der Waals surface area contributed by atoms with Crippen LogP contribution < -0.4 is 4.74 Å². The minimum absolute atomic E-state index is 0.926. The Hall–Kier alpha value is -1.31. The van der Waals surface area contributed by atoms with E-state index >= 15 is 0 Å². The van der Waals surface area contributed by atoms with E-state index in [1.807, 2.05) is 38.0 Å². The molecule has 0 amide bonds. The van der Waals surface area contributed by atoms with Crippen molar-refractivity contribution in [1.82, 2.24) is 0 Å². The van der Waals surface area contributed by atoms with Crippen LogP contribution in [0.25, 0.3) is 0 Å². The Morgan fingerprint density at radius 2 is 2.00 bits per heavy atom. The molecule has 1 rings (SSSR count). The first-order valence-electron chi connectivity index (χ1n) is 3.22. The zero-order valence-corrected chi connectivity index (χ0v) is 6.83. The topological polar surface area (TPSA) is 26.3 Å². The van der Waals surface area contributed by atoms with Crippen molar-refractivity contribution < 1.29 is 9.53 Å². The molecule has 0 saturated heterocycles. The number of ether oxygens (including phenoxy) is 1. The Morgan fingerprint density at radius 3 is 2.36 bits per heavy atom. The molecule has 2 nitrogen and oxygen atoms in total. The number of hydrogen-bond donors (Lipinski definition) is 0. The molecule has 0 aliphatic heterocycles. The van der Waals surface area contributed by atoms with Gasteiger partial charge in [-0.3, -0.25) is 0 Å². The van der Waals surface area contributed by atoms with E-state index in [9.17, 15) is 0 Å². The van der Waals surface area contributed by atoms with Crippen LogP contribution in [0.15, 0.2) is 24.3 Å². The number of aryl methyl sites for hydroxylation is 1. The number of hydrogen-bond acceptors (Lipinski definition) is 2. The van der Waals surface area contributed by atoms with Gasteiger partial charge in [0.25, 0.3) is 0 Å². The van der Waals surface area contributed by atoms with Crippen LogP contribution in [0.3, 0.4) is 0 Å². The van der Waals surface area contributed by atoms with Crippen molar-refractivity contribution >= 4 is 6.79 Å². The van der Waals surface area contributed by atoms with Crippen LogP contribution in [0.5, 0.6) is 5.75 Å². The Labute approximate surface area is 66.8 Å². The van der Waals surface area contributed by atoms with Gasteiger partial charge < -0.3 is 9.53 Å². The maximum atomic E-state index is 8.00. The standard InChI is InChI=1S/C8H10O.CH2O/c1-7-4-3-5-8(6-7)9-2;1-2/h3-6H,1-2H3;1H2. The third kappa shape index (κ3) is 3.40. The van der Waals surface area contributed by atoms with Gasteiger partial charge in [-0.2, -0.15) is 0 Å². The van der Waals surface area contributed by atoms with Crippen LogP contribution in [0.4, 0.5) is 0 Å². The molecule has 0 bridgehead atoms. The van der Waals surface area contributed by atoms with Crippen LogP contribution in [0.1, 0.15) is 5.56 Å². The average molecular weight is 152 g/mol. The third-order valence-corrected chi connectivity index (χ3v) is 1.23. The van der Waals surface area contributed by atoms with E-state index in [-0.39, 0.29) is 0 Å². The van der Waals surface area contributed by atoms with Crippen molar-refractivity contribution in [2.45, 2.75) is 6.92 Å². The summed E-state index contributed by atoms with van der Waals surface area (Å²) in [6.07, 6.45) is 0. The highest BCUT2D eigenvalue weighted by atomic mass is 16.5. The zero-order chi connectivity index (χ0) is 8.69. The second-order valence-corrected chi connectivity index (χ2v) is 2.02. The van der Waals surface area contributed by atoms with Gasteiger partial charge in [0.1, 0.15) is 12.5 Å². The number of methoxy groups -OCH3 is 1. The number of carbonyl (C=O) groups is 1. The van der Waals surface area contributed by atoms with Crippen molar-refractivity contribution in [2.24, 2.45) is 0 Å². The number of carbonyl (C=O) groups excluding carboxylic acids is 1. The summed E-state index contributed by atoms with van der Waals surface area (Å²) in [5.41, 5.74) is 1.23. The Morgan fingerprint density at radius 1 is 1.36 bits per heavy atom. The number of rotatable bonds is 1. The van der Waals surface area contributed by atoms with Gasteiger partial charge >= 0.3 is 0 Å². The van der Waals surface area contributed by atoms with Gasteiger partial charge in [-0.05, 0) is 24.6 Å². The van der Waals surface area contributed by atoms with E-state index in [0.29, 0.717) is 0 Å². The summed E-state index contributed by atoms with van der Waals surface area (Å²) in [4.78, 5) is 8.00. The Bertz CT molecular complexity index is 208. The average Bonchev–Trinajstić information content (AvgIpc) is 2.08. The normalized spacial score (nSPS) is 7.82. The fraction of sp³-hybridized carbons (Fsp3) is 0.222. The molecule has 0 aliphatic rings. The fourth-order valence-electron chi connectivity index (χ4n) is 0.742. The van der Waals surface area contributed by atoms with E-state index < -0.39 is 0 Å². The highest BCUT2D eigenvalue weighted by Crippen LogP contribution is 2.10. The first-order chi connectivity index (χ1) is 5.33. The second kappa shape index (κ2) is 5.47. The first-order valence-corrected chi connectivity index (χ1v) is 3.22. The summed E-state index contributed by atoms with van der Waals surface area (Å²) in [6, 6.07) is 7.96. The summed E-state index contributed by atoms with van der Waals surface area (Å²) in [6.45, 7) is 4.04. The lowest BCUT2D eigenvalue weighted by Crippen LogP contribution is -1.81. The number of benzene rings is 1. The third-order valence-electron chi connectivity index (χ3n) is 1.23. The minimum atomic E-state index is 0.926. The lowest BCUT2D eigenvalue weighted by molar-refractivity contribution is -0.0979. The van der Waals surface area contributed by atoms with Crippen LogP contribution in [-0.4, -0.2) is 13.9 Å². The maximum Gasteiger partial charge on any atom is 0.119 e. The second-order valence-electron chi connectivity index (χ2n) is 2.02. The molecular formula is C9H12O2. The Kier molecular flexibility index (Phi) is 4.82. The van der Waals surface area contributed by atoms with E-state index in [1.165, 1.54) is 5.56 Å². The molecule has 0 aliphatic carbocycles. The molecule has 0 N–H and O–H groups in total. The molecule has 0 atom stereocenters. The molecule has 60 valence electrons. The molecule has 0 saturated carbocycles. The summed E-state index contributed by atoms with van der Waals surface area (Å²) >= 11 is 0. The quantitative estimate of drug-likeness (QED) is 0.613. The van der Waals surface area contributed by atoms with E-state index in [2.05, 4.69) is 0 Å². The minimum Gasteiger partial charge on any atom is -0.497 e. The summed E-state index contributed by atoms with van der Waals surface area (Å²) in [5.74, 6) is 0.926. The van der Waals surface area contributed by atoms with Gasteiger partial charge in [0.15, 0.2) is 0 Å². The molecule has 0 fully saturated rings. The predicted octanol–water partition coefficient (Wildman–Crippen LogP) is 1.82. The van der Waals surface area contributed by atoms with E-state index in [1.54, 1.807) is 7.11 Å². The Balaban J connectivity index is 0.000000461. The predicted molar refractivity (Wildman–Crippen MR) is 44.9 cm³/mol. The van der Waals surface area contributed by atoms with Crippen molar-refractivity contribution in [3.05, 3.63) is 29.8 Å². The smallest absolute Gasteiger partial charge is 0.119 e. The van der Waals surface area contributed by atoms with Crippen molar-refractivity contribution in [2.75, 3.05) is 7.11 Å². The molecule has 2 heteroatoms. The molecule has 0 aromatic heterocycles. The van der Waals surface area contributed by atoms with Crippen LogP contribution >= 0.6 is 0 Å². The van der Waals surface area contributed by atoms with Crippen molar-refractivity contribution in [3.63, 3.8) is 0 Å². The van der Waals surface area contributed by atoms with Gasteiger partial charge in [-0.1, -0.05) is 12.1 Å². The van der Waals surface area contributed by atoms with Crippen LogP contribution in [0.2, 0.25) is 0 Å². The van der Waals surface area contributed by atoms with Gasteiger partial charge in [-0.25, -0.2) is 0 Å². The fourth-order valence-corrected chi connectivity index (χ4v) is 0.742. The molecule has 0 unspecified atom stereocenters. The van der Waals surface area contributed by atoms with E-state index in [0.717, 1.165) is 5.75 Å². The maximum absolute atomic E-state index is 8.00. The SMILES string of the molecule is C=O.COc1cccc(C)c1. The van der Waals surface area contributed by atoms with Gasteiger partial charge in [0.05, 0.1) is 7.11 Å². The molecule has 1 aromatic carbocycles. The van der Waals surface area contributed by atoms with Crippen molar-refractivity contribution in [1.29, 1.82) is 0 Å². The van der Waals surface area contributed by atoms with Gasteiger partial charge in [0.2, 0.25) is 0 Å². The first kappa shape index (κ1) is 9.69. The monoisotopic (exact) mass is 152 g/mol. The molecule has 11 heavy (non-hydrogen) atoms. The van der Waals surface area contributed by atoms with Gasteiger partial charge in [-0.15, -0.1) is 0 Å². The zero-order valence-electron chi connectivity index (χ0n) is 6.83. The van der Waals surface area contributed by atoms with Crippen molar-refractivity contribution in [3.8, 4) is 5.75 Å². The largest absolute Gasteiger partial charge is 0.497 e. The molecule has 0 heterocycles. The van der Waals surface area contributed by atoms with E-state index in [4.69, 9.17) is 9.53 Å². The summed E-state index contributed by atoms with van der Waals surface area (Å²) < 4.78 is 5.00. The highest BCUT2D eigenvalue weighted by molar-refractivity contribution is 5.27. The van der Waals surface area contributed by atoms with Gasteiger partial charge in [0, 0.05) is 0 Å². The molecule has 0 spiro atoms. The molecular weight excluding hydrogens is 140 g/mol. The molecule has 0 radical (unpaired) electrons. The molecule has 1 aromatic rings. The summed E-state index contributed by atoms with van der Waals surface area (Å²) in [7, 11) is 1.68. The summed E-state index contributed by atoms with van der Waals surface area (Å²) in [5, 5.41) is 0. The lowest BCUT2D eigenvalue weighted by atomic mass is 10.2. The highest BCUT2D eigenvalue weighted by Gasteiger charge is 1.86.